The normalized spacial score (nSPS) is 31.3. The molecule has 1 N–H and O–H groups in total. The van der Waals surface area contributed by atoms with Crippen LogP contribution in [0.15, 0.2) is 0 Å². The third-order valence-corrected chi connectivity index (χ3v) is 2.57. The van der Waals surface area contributed by atoms with E-state index in [1.54, 1.807) is 0 Å². The van der Waals surface area contributed by atoms with Crippen molar-refractivity contribution >= 4 is 11.8 Å². The molecule has 2 amide bonds. The molecule has 1 saturated heterocycles. The quantitative estimate of drug-likeness (QED) is 0.566. The molecule has 1 atom stereocenters. The zero-order valence-electron chi connectivity index (χ0n) is 7.10. The lowest BCUT2D eigenvalue weighted by atomic mass is 9.78. The van der Waals surface area contributed by atoms with E-state index in [2.05, 4.69) is 5.32 Å². The highest BCUT2D eigenvalue weighted by Crippen LogP contribution is 2.34. The number of hydrogen-bond donors (Lipinski definition) is 1. The third kappa shape index (κ3) is 1.15. The van der Waals surface area contributed by atoms with E-state index in [0.717, 1.165) is 0 Å². The van der Waals surface area contributed by atoms with Gasteiger partial charge in [-0.3, -0.25) is 14.9 Å². The standard InChI is InChI=1S/C8H13NO2/c1-5(2)8(3)4-6(10)9-7(8)11/h5H,4H2,1-3H3,(H,9,10,11)/t8-/m1/s1. The van der Waals surface area contributed by atoms with Gasteiger partial charge in [-0.15, -0.1) is 0 Å². The molecule has 0 unspecified atom stereocenters. The van der Waals surface area contributed by atoms with Crippen LogP contribution >= 0.6 is 0 Å². The molecule has 11 heavy (non-hydrogen) atoms. The van der Waals surface area contributed by atoms with Gasteiger partial charge in [-0.1, -0.05) is 13.8 Å². The number of hydrogen-bond acceptors (Lipinski definition) is 2. The van der Waals surface area contributed by atoms with Crippen molar-refractivity contribution in [2.24, 2.45) is 11.3 Å². The van der Waals surface area contributed by atoms with Gasteiger partial charge in [-0.25, -0.2) is 0 Å². The Labute approximate surface area is 66.2 Å². The predicted molar refractivity (Wildman–Crippen MR) is 40.7 cm³/mol. The van der Waals surface area contributed by atoms with Crippen LogP contribution in [0, 0.1) is 11.3 Å². The first-order chi connectivity index (χ1) is 4.97. The van der Waals surface area contributed by atoms with Gasteiger partial charge in [0, 0.05) is 6.42 Å². The second-order valence-electron chi connectivity index (χ2n) is 3.63. The van der Waals surface area contributed by atoms with E-state index < -0.39 is 5.41 Å². The molecule has 3 heteroatoms. The summed E-state index contributed by atoms with van der Waals surface area (Å²) in [6, 6.07) is 0. The molecule has 0 aromatic carbocycles. The lowest BCUT2D eigenvalue weighted by Gasteiger charge is -2.23. The van der Waals surface area contributed by atoms with E-state index in [-0.39, 0.29) is 17.7 Å². The fourth-order valence-electron chi connectivity index (χ4n) is 1.19. The summed E-state index contributed by atoms with van der Waals surface area (Å²) in [5.41, 5.74) is -0.475. The molecule has 62 valence electrons. The topological polar surface area (TPSA) is 46.2 Å². The maximum atomic E-state index is 11.2. The fraction of sp³-hybridized carbons (Fsp3) is 0.750. The summed E-state index contributed by atoms with van der Waals surface area (Å²) >= 11 is 0. The van der Waals surface area contributed by atoms with E-state index in [4.69, 9.17) is 0 Å². The lowest BCUT2D eigenvalue weighted by molar-refractivity contribution is -0.129. The number of carbonyl (C=O) groups is 2. The van der Waals surface area contributed by atoms with Crippen LogP contribution in [-0.2, 0) is 9.59 Å². The number of carbonyl (C=O) groups excluding carboxylic acids is 2. The molecule has 1 rings (SSSR count). The van der Waals surface area contributed by atoms with Gasteiger partial charge in [-0.2, -0.15) is 0 Å². The monoisotopic (exact) mass is 155 g/mol. The zero-order chi connectivity index (χ0) is 8.65. The Morgan fingerprint density at radius 2 is 2.00 bits per heavy atom. The predicted octanol–water partition coefficient (Wildman–Crippen LogP) is 0.695. The molecule has 3 nitrogen and oxygen atoms in total. The molecule has 0 saturated carbocycles. The van der Waals surface area contributed by atoms with E-state index >= 15 is 0 Å². The van der Waals surface area contributed by atoms with Crippen molar-refractivity contribution in [3.63, 3.8) is 0 Å². The fourth-order valence-corrected chi connectivity index (χ4v) is 1.19. The minimum atomic E-state index is -0.475. The molecule has 0 spiro atoms. The van der Waals surface area contributed by atoms with Crippen molar-refractivity contribution in [1.82, 2.24) is 5.32 Å². The molecular formula is C8H13NO2. The SMILES string of the molecule is CC(C)[C@@]1(C)CC(=O)NC1=O. The first-order valence-electron chi connectivity index (χ1n) is 3.81. The average molecular weight is 155 g/mol. The van der Waals surface area contributed by atoms with Crippen LogP contribution < -0.4 is 5.32 Å². The number of amides is 2. The molecule has 0 aliphatic carbocycles. The number of imide groups is 1. The van der Waals surface area contributed by atoms with Crippen LogP contribution in [0.3, 0.4) is 0 Å². The van der Waals surface area contributed by atoms with Crippen molar-refractivity contribution in [2.45, 2.75) is 27.2 Å². The number of rotatable bonds is 1. The highest BCUT2D eigenvalue weighted by atomic mass is 16.2. The smallest absolute Gasteiger partial charge is 0.233 e. The van der Waals surface area contributed by atoms with E-state index in [1.807, 2.05) is 20.8 Å². The Morgan fingerprint density at radius 3 is 2.18 bits per heavy atom. The maximum absolute atomic E-state index is 11.2. The molecule has 1 heterocycles. The van der Waals surface area contributed by atoms with Gasteiger partial charge in [0.1, 0.15) is 0 Å². The summed E-state index contributed by atoms with van der Waals surface area (Å²) in [6.45, 7) is 5.74. The first kappa shape index (κ1) is 8.24. The van der Waals surface area contributed by atoms with Crippen molar-refractivity contribution in [1.29, 1.82) is 0 Å². The van der Waals surface area contributed by atoms with Crippen LogP contribution in [0.2, 0.25) is 0 Å². The summed E-state index contributed by atoms with van der Waals surface area (Å²) < 4.78 is 0. The lowest BCUT2D eigenvalue weighted by Crippen LogP contribution is -2.33. The van der Waals surface area contributed by atoms with Gasteiger partial charge in [0.15, 0.2) is 0 Å². The Morgan fingerprint density at radius 1 is 1.45 bits per heavy atom. The van der Waals surface area contributed by atoms with E-state index in [1.165, 1.54) is 0 Å². The average Bonchev–Trinajstić information content (AvgIpc) is 2.08. The molecule has 0 radical (unpaired) electrons. The highest BCUT2D eigenvalue weighted by Gasteiger charge is 2.44. The largest absolute Gasteiger partial charge is 0.296 e. The minimum absolute atomic E-state index is 0.127. The van der Waals surface area contributed by atoms with E-state index in [9.17, 15) is 9.59 Å². The molecule has 0 aromatic rings. The number of nitrogens with one attached hydrogen (secondary N) is 1. The maximum Gasteiger partial charge on any atom is 0.233 e. The molecule has 1 fully saturated rings. The summed E-state index contributed by atoms with van der Waals surface area (Å²) in [5.74, 6) is -0.0577. The van der Waals surface area contributed by atoms with Crippen LogP contribution in [0.5, 0.6) is 0 Å². The summed E-state index contributed by atoms with van der Waals surface area (Å²) in [6.07, 6.45) is 0.337. The Kier molecular flexibility index (Phi) is 1.74. The first-order valence-corrected chi connectivity index (χ1v) is 3.81. The van der Waals surface area contributed by atoms with Crippen molar-refractivity contribution < 1.29 is 9.59 Å². The second kappa shape index (κ2) is 2.32. The van der Waals surface area contributed by atoms with E-state index in [0.29, 0.717) is 6.42 Å². The molecule has 1 aliphatic rings. The van der Waals surface area contributed by atoms with Gasteiger partial charge in [-0.05, 0) is 12.8 Å². The Balaban J connectivity index is 2.87. The van der Waals surface area contributed by atoms with Gasteiger partial charge < -0.3 is 0 Å². The van der Waals surface area contributed by atoms with Gasteiger partial charge >= 0.3 is 0 Å². The molecule has 1 aliphatic heterocycles. The molecule has 0 aromatic heterocycles. The highest BCUT2D eigenvalue weighted by molar-refractivity contribution is 6.05. The van der Waals surface area contributed by atoms with Crippen molar-refractivity contribution in [3.05, 3.63) is 0 Å². The summed E-state index contributed by atoms with van der Waals surface area (Å²) in [7, 11) is 0. The third-order valence-electron chi connectivity index (χ3n) is 2.57. The van der Waals surface area contributed by atoms with Crippen LogP contribution in [0.1, 0.15) is 27.2 Å². The van der Waals surface area contributed by atoms with Gasteiger partial charge in [0.2, 0.25) is 11.8 Å². The van der Waals surface area contributed by atoms with Crippen LogP contribution in [-0.4, -0.2) is 11.8 Å². The summed E-state index contributed by atoms with van der Waals surface area (Å²) in [4.78, 5) is 22.1. The van der Waals surface area contributed by atoms with Crippen molar-refractivity contribution in [2.75, 3.05) is 0 Å². The molecular weight excluding hydrogens is 142 g/mol. The molecule has 0 bridgehead atoms. The second-order valence-corrected chi connectivity index (χ2v) is 3.63. The van der Waals surface area contributed by atoms with Crippen molar-refractivity contribution in [3.8, 4) is 0 Å². The van der Waals surface area contributed by atoms with Gasteiger partial charge in [0.05, 0.1) is 5.41 Å². The Hall–Kier alpha value is -0.860. The van der Waals surface area contributed by atoms with Crippen LogP contribution in [0.25, 0.3) is 0 Å². The minimum Gasteiger partial charge on any atom is -0.296 e. The van der Waals surface area contributed by atoms with Crippen LogP contribution in [0.4, 0.5) is 0 Å². The summed E-state index contributed by atoms with van der Waals surface area (Å²) in [5, 5.41) is 2.31. The zero-order valence-corrected chi connectivity index (χ0v) is 7.10. The Bertz CT molecular complexity index is 210. The van der Waals surface area contributed by atoms with Gasteiger partial charge in [0.25, 0.3) is 0 Å².